The van der Waals surface area contributed by atoms with Crippen molar-refractivity contribution in [3.05, 3.63) is 70.8 Å². The Morgan fingerprint density at radius 3 is 2.65 bits per heavy atom. The molecule has 4 nitrogen and oxygen atoms in total. The number of aryl methyl sites for hydroxylation is 1. The molecule has 2 aromatic carbocycles. The van der Waals surface area contributed by atoms with Crippen LogP contribution in [0.25, 0.3) is 10.9 Å². The molecule has 0 atom stereocenters. The Morgan fingerprint density at radius 1 is 1.10 bits per heavy atom. The molecule has 3 aromatic rings. The summed E-state index contributed by atoms with van der Waals surface area (Å²) in [6, 6.07) is 15.4. The third-order valence-corrected chi connectivity index (χ3v) is 3.24. The molecule has 0 saturated heterocycles. The zero-order valence-electron chi connectivity index (χ0n) is 11.2. The van der Waals surface area contributed by atoms with Crippen LogP contribution in [0.3, 0.4) is 0 Å². The summed E-state index contributed by atoms with van der Waals surface area (Å²) in [4.78, 5) is 16.6. The zero-order chi connectivity index (χ0) is 13.9. The maximum atomic E-state index is 12.3. The van der Waals surface area contributed by atoms with Gasteiger partial charge in [-0.15, -0.1) is 0 Å². The topological polar surface area (TPSA) is 46.9 Å². The lowest BCUT2D eigenvalue weighted by Crippen LogP contribution is -2.24. The van der Waals surface area contributed by atoms with E-state index in [-0.39, 0.29) is 5.56 Å². The SMILES string of the molecule is Cc1ccc(NCn2cnc3ccccc3c2=O)cc1. The Bertz CT molecular complexity index is 791. The van der Waals surface area contributed by atoms with Crippen LogP contribution < -0.4 is 10.9 Å². The first-order valence-electron chi connectivity index (χ1n) is 6.49. The second kappa shape index (κ2) is 5.17. The molecule has 0 spiro atoms. The first-order chi connectivity index (χ1) is 9.74. The molecule has 1 heterocycles. The van der Waals surface area contributed by atoms with E-state index in [0.717, 1.165) is 11.2 Å². The van der Waals surface area contributed by atoms with Crippen molar-refractivity contribution in [2.24, 2.45) is 0 Å². The molecule has 0 bridgehead atoms. The number of nitrogens with one attached hydrogen (secondary N) is 1. The van der Waals surface area contributed by atoms with Gasteiger partial charge in [0.2, 0.25) is 0 Å². The van der Waals surface area contributed by atoms with Gasteiger partial charge in [-0.3, -0.25) is 9.36 Å². The number of aromatic nitrogens is 2. The van der Waals surface area contributed by atoms with Gasteiger partial charge in [-0.25, -0.2) is 4.98 Å². The molecular weight excluding hydrogens is 250 g/mol. The van der Waals surface area contributed by atoms with Crippen LogP contribution in [0.15, 0.2) is 59.7 Å². The van der Waals surface area contributed by atoms with E-state index in [4.69, 9.17) is 0 Å². The number of nitrogens with zero attached hydrogens (tertiary/aromatic N) is 2. The molecule has 0 aliphatic carbocycles. The minimum Gasteiger partial charge on any atom is -0.367 e. The number of hydrogen-bond acceptors (Lipinski definition) is 3. The van der Waals surface area contributed by atoms with Crippen LogP contribution in [-0.4, -0.2) is 9.55 Å². The molecule has 1 N–H and O–H groups in total. The van der Waals surface area contributed by atoms with Gasteiger partial charge in [0.1, 0.15) is 0 Å². The molecule has 0 radical (unpaired) electrons. The van der Waals surface area contributed by atoms with E-state index in [1.54, 1.807) is 17.0 Å². The van der Waals surface area contributed by atoms with Gasteiger partial charge < -0.3 is 5.32 Å². The van der Waals surface area contributed by atoms with E-state index in [2.05, 4.69) is 10.3 Å². The van der Waals surface area contributed by atoms with E-state index in [1.807, 2.05) is 49.4 Å². The lowest BCUT2D eigenvalue weighted by atomic mass is 10.2. The van der Waals surface area contributed by atoms with Crippen LogP contribution in [0.1, 0.15) is 5.56 Å². The van der Waals surface area contributed by atoms with E-state index in [9.17, 15) is 4.79 Å². The first-order valence-corrected chi connectivity index (χ1v) is 6.49. The smallest absolute Gasteiger partial charge is 0.262 e. The summed E-state index contributed by atoms with van der Waals surface area (Å²) in [5.41, 5.74) is 2.88. The molecule has 0 fully saturated rings. The minimum absolute atomic E-state index is 0.0322. The quantitative estimate of drug-likeness (QED) is 0.792. The maximum Gasteiger partial charge on any atom is 0.262 e. The third kappa shape index (κ3) is 2.40. The van der Waals surface area contributed by atoms with Gasteiger partial charge >= 0.3 is 0 Å². The Labute approximate surface area is 116 Å². The van der Waals surface area contributed by atoms with Crippen LogP contribution in [0.5, 0.6) is 0 Å². The molecule has 0 aliphatic heterocycles. The number of para-hydroxylation sites is 1. The normalized spacial score (nSPS) is 10.7. The molecule has 0 saturated carbocycles. The van der Waals surface area contributed by atoms with Gasteiger partial charge in [-0.1, -0.05) is 29.8 Å². The van der Waals surface area contributed by atoms with Crippen molar-refractivity contribution in [1.29, 1.82) is 0 Å². The summed E-state index contributed by atoms with van der Waals surface area (Å²) >= 11 is 0. The Hall–Kier alpha value is -2.62. The fraction of sp³-hybridized carbons (Fsp3) is 0.125. The lowest BCUT2D eigenvalue weighted by Gasteiger charge is -2.09. The first kappa shape index (κ1) is 12.4. The molecule has 1 aromatic heterocycles. The minimum atomic E-state index is -0.0322. The summed E-state index contributed by atoms with van der Waals surface area (Å²) < 4.78 is 1.57. The largest absolute Gasteiger partial charge is 0.367 e. The summed E-state index contributed by atoms with van der Waals surface area (Å²) in [6.07, 6.45) is 1.58. The predicted octanol–water partition coefficient (Wildman–Crippen LogP) is 2.77. The van der Waals surface area contributed by atoms with Crippen LogP contribution in [0, 0.1) is 6.92 Å². The van der Waals surface area contributed by atoms with Gasteiger partial charge in [-0.05, 0) is 31.2 Å². The van der Waals surface area contributed by atoms with Crippen LogP contribution in [-0.2, 0) is 6.67 Å². The fourth-order valence-corrected chi connectivity index (χ4v) is 2.07. The van der Waals surface area contributed by atoms with Crippen molar-refractivity contribution in [2.45, 2.75) is 13.6 Å². The number of hydrogen-bond donors (Lipinski definition) is 1. The highest BCUT2D eigenvalue weighted by Gasteiger charge is 2.02. The van der Waals surface area contributed by atoms with Gasteiger partial charge in [-0.2, -0.15) is 0 Å². The Kier molecular flexibility index (Phi) is 3.21. The fourth-order valence-electron chi connectivity index (χ4n) is 2.07. The van der Waals surface area contributed by atoms with E-state index in [1.165, 1.54) is 5.56 Å². The second-order valence-corrected chi connectivity index (χ2v) is 4.74. The Balaban J connectivity index is 1.86. The number of benzene rings is 2. The molecule has 3 rings (SSSR count). The number of fused-ring (bicyclic) bond motifs is 1. The zero-order valence-corrected chi connectivity index (χ0v) is 11.2. The van der Waals surface area contributed by atoms with Crippen LogP contribution >= 0.6 is 0 Å². The van der Waals surface area contributed by atoms with Crippen molar-refractivity contribution in [3.8, 4) is 0 Å². The van der Waals surface area contributed by atoms with Crippen LogP contribution in [0.4, 0.5) is 5.69 Å². The number of rotatable bonds is 3. The molecule has 0 unspecified atom stereocenters. The van der Waals surface area contributed by atoms with Gasteiger partial charge in [0.15, 0.2) is 0 Å². The number of anilines is 1. The van der Waals surface area contributed by atoms with E-state index < -0.39 is 0 Å². The van der Waals surface area contributed by atoms with Gasteiger partial charge in [0, 0.05) is 5.69 Å². The van der Waals surface area contributed by atoms with E-state index in [0.29, 0.717) is 12.1 Å². The second-order valence-electron chi connectivity index (χ2n) is 4.74. The van der Waals surface area contributed by atoms with Gasteiger partial charge in [0.05, 0.1) is 23.9 Å². The van der Waals surface area contributed by atoms with Gasteiger partial charge in [0.25, 0.3) is 5.56 Å². The summed E-state index contributed by atoms with van der Waals surface area (Å²) in [5, 5.41) is 3.86. The summed E-state index contributed by atoms with van der Waals surface area (Å²) in [6.45, 7) is 2.45. The molecule has 0 aliphatic rings. The van der Waals surface area contributed by atoms with Crippen molar-refractivity contribution in [2.75, 3.05) is 5.32 Å². The third-order valence-electron chi connectivity index (χ3n) is 3.24. The molecule has 4 heteroatoms. The lowest BCUT2D eigenvalue weighted by molar-refractivity contribution is 0.729. The van der Waals surface area contributed by atoms with Crippen LogP contribution in [0.2, 0.25) is 0 Å². The highest BCUT2D eigenvalue weighted by atomic mass is 16.1. The summed E-state index contributed by atoms with van der Waals surface area (Å²) in [7, 11) is 0. The monoisotopic (exact) mass is 265 g/mol. The highest BCUT2D eigenvalue weighted by molar-refractivity contribution is 5.76. The van der Waals surface area contributed by atoms with Crippen molar-refractivity contribution < 1.29 is 0 Å². The van der Waals surface area contributed by atoms with Crippen molar-refractivity contribution in [1.82, 2.24) is 9.55 Å². The molecule has 100 valence electrons. The van der Waals surface area contributed by atoms with Crippen molar-refractivity contribution >= 4 is 16.6 Å². The average Bonchev–Trinajstić information content (AvgIpc) is 2.49. The maximum absolute atomic E-state index is 12.3. The summed E-state index contributed by atoms with van der Waals surface area (Å²) in [5.74, 6) is 0. The molecular formula is C16H15N3O. The van der Waals surface area contributed by atoms with Crippen molar-refractivity contribution in [3.63, 3.8) is 0 Å². The standard InChI is InChI=1S/C16H15N3O/c1-12-6-8-13(9-7-12)17-10-19-11-18-15-5-3-2-4-14(15)16(19)20/h2-9,11,17H,10H2,1H3. The van der Waals surface area contributed by atoms with E-state index >= 15 is 0 Å². The molecule has 20 heavy (non-hydrogen) atoms. The Morgan fingerprint density at radius 2 is 1.85 bits per heavy atom. The highest BCUT2D eigenvalue weighted by Crippen LogP contribution is 2.09. The average molecular weight is 265 g/mol. The molecule has 0 amide bonds. The predicted molar refractivity (Wildman–Crippen MR) is 80.8 cm³/mol.